The number of piperazine rings is 1. The molecule has 2 saturated heterocycles. The van der Waals surface area contributed by atoms with Gasteiger partial charge in [0.15, 0.2) is 0 Å². The van der Waals surface area contributed by atoms with Gasteiger partial charge in [0, 0.05) is 38.8 Å². The van der Waals surface area contributed by atoms with E-state index in [9.17, 15) is 0 Å². The molecule has 2 aliphatic heterocycles. The molecule has 2 fully saturated rings. The van der Waals surface area contributed by atoms with Crippen LogP contribution in [0.25, 0.3) is 0 Å². The average Bonchev–Trinajstić information content (AvgIpc) is 2.48. The Labute approximate surface area is 122 Å². The van der Waals surface area contributed by atoms with E-state index in [4.69, 9.17) is 4.98 Å². The predicted octanol–water partition coefficient (Wildman–Crippen LogP) is 1.47. The van der Waals surface area contributed by atoms with E-state index in [0.717, 1.165) is 24.8 Å². The molecule has 0 amide bonds. The van der Waals surface area contributed by atoms with Gasteiger partial charge in [0.1, 0.15) is 0 Å². The van der Waals surface area contributed by atoms with Gasteiger partial charge in [-0.25, -0.2) is 0 Å². The molecule has 1 aromatic rings. The molecule has 0 aromatic carbocycles. The van der Waals surface area contributed by atoms with E-state index in [2.05, 4.69) is 33.3 Å². The van der Waals surface area contributed by atoms with E-state index in [0.29, 0.717) is 0 Å². The van der Waals surface area contributed by atoms with Crippen molar-refractivity contribution in [2.45, 2.75) is 38.4 Å². The first-order valence-corrected chi connectivity index (χ1v) is 7.91. The fourth-order valence-electron chi connectivity index (χ4n) is 3.49. The summed E-state index contributed by atoms with van der Waals surface area (Å²) in [4.78, 5) is 10.0. The first-order chi connectivity index (χ1) is 9.85. The van der Waals surface area contributed by atoms with Gasteiger partial charge in [-0.05, 0) is 38.6 Å². The number of aromatic nitrogens is 1. The topological polar surface area (TPSA) is 31.4 Å². The molecule has 0 radical (unpaired) electrons. The Morgan fingerprint density at radius 3 is 3.00 bits per heavy atom. The molecule has 4 nitrogen and oxygen atoms in total. The molecule has 20 heavy (non-hydrogen) atoms. The van der Waals surface area contributed by atoms with Crippen molar-refractivity contribution in [3.63, 3.8) is 0 Å². The van der Waals surface area contributed by atoms with E-state index in [1.807, 2.05) is 7.05 Å². The summed E-state index contributed by atoms with van der Waals surface area (Å²) in [5.74, 6) is 0. The van der Waals surface area contributed by atoms with Crippen molar-refractivity contribution in [2.75, 3.05) is 33.2 Å². The largest absolute Gasteiger partial charge is 0.314 e. The van der Waals surface area contributed by atoms with Crippen molar-refractivity contribution < 1.29 is 0 Å². The minimum absolute atomic E-state index is 0.790. The van der Waals surface area contributed by atoms with E-state index in [-0.39, 0.29) is 0 Å². The third-order valence-corrected chi connectivity index (χ3v) is 4.53. The van der Waals surface area contributed by atoms with Crippen LogP contribution in [0, 0.1) is 0 Å². The summed E-state index contributed by atoms with van der Waals surface area (Å²) in [6.07, 6.45) is 4.18. The van der Waals surface area contributed by atoms with Crippen LogP contribution in [0.15, 0.2) is 18.2 Å². The molecule has 0 bridgehead atoms. The van der Waals surface area contributed by atoms with Gasteiger partial charge in [0.25, 0.3) is 0 Å². The summed E-state index contributed by atoms with van der Waals surface area (Å²) in [5.41, 5.74) is 2.35. The molecule has 0 spiro atoms. The molecular formula is C16H26N4. The number of nitrogens with one attached hydrogen (secondary N) is 1. The molecule has 4 heteroatoms. The van der Waals surface area contributed by atoms with Crippen LogP contribution < -0.4 is 5.32 Å². The Kier molecular flexibility index (Phi) is 4.65. The summed E-state index contributed by atoms with van der Waals surface area (Å²) in [5, 5.41) is 3.17. The van der Waals surface area contributed by atoms with Crippen molar-refractivity contribution >= 4 is 0 Å². The van der Waals surface area contributed by atoms with Crippen LogP contribution in [-0.4, -0.2) is 54.1 Å². The molecule has 3 rings (SSSR count). The molecule has 0 aliphatic carbocycles. The van der Waals surface area contributed by atoms with E-state index >= 15 is 0 Å². The van der Waals surface area contributed by atoms with Crippen LogP contribution in [0.4, 0.5) is 0 Å². The highest BCUT2D eigenvalue weighted by molar-refractivity contribution is 5.11. The lowest BCUT2D eigenvalue weighted by Crippen LogP contribution is -2.54. The standard InChI is InChI=1S/C16H26N4/c1-17-11-14-5-4-6-15(18-14)12-19-9-10-20-8-3-2-7-16(20)13-19/h4-6,16-17H,2-3,7-13H2,1H3. The first-order valence-electron chi connectivity index (χ1n) is 7.91. The van der Waals surface area contributed by atoms with Crippen molar-refractivity contribution in [3.8, 4) is 0 Å². The molecule has 1 unspecified atom stereocenters. The smallest absolute Gasteiger partial charge is 0.0547 e. The second-order valence-electron chi connectivity index (χ2n) is 6.07. The van der Waals surface area contributed by atoms with E-state index in [1.54, 1.807) is 0 Å². The average molecular weight is 274 g/mol. The number of fused-ring (bicyclic) bond motifs is 1. The highest BCUT2D eigenvalue weighted by Crippen LogP contribution is 2.21. The van der Waals surface area contributed by atoms with Crippen LogP contribution >= 0.6 is 0 Å². The Bertz CT molecular complexity index is 434. The van der Waals surface area contributed by atoms with Gasteiger partial charge in [-0.3, -0.25) is 14.8 Å². The van der Waals surface area contributed by atoms with Crippen molar-refractivity contribution in [2.24, 2.45) is 0 Å². The molecule has 3 heterocycles. The molecule has 2 aliphatic rings. The van der Waals surface area contributed by atoms with Gasteiger partial charge in [-0.1, -0.05) is 12.5 Å². The summed E-state index contributed by atoms with van der Waals surface area (Å²) < 4.78 is 0. The van der Waals surface area contributed by atoms with Crippen molar-refractivity contribution in [3.05, 3.63) is 29.6 Å². The van der Waals surface area contributed by atoms with Crippen molar-refractivity contribution in [1.82, 2.24) is 20.1 Å². The van der Waals surface area contributed by atoms with Crippen LogP contribution in [0.1, 0.15) is 30.7 Å². The second kappa shape index (κ2) is 6.66. The molecule has 110 valence electrons. The van der Waals surface area contributed by atoms with Crippen molar-refractivity contribution in [1.29, 1.82) is 0 Å². The highest BCUT2D eigenvalue weighted by atomic mass is 15.3. The van der Waals surface area contributed by atoms with E-state index in [1.165, 1.54) is 51.1 Å². The third kappa shape index (κ3) is 3.37. The number of nitrogens with zero attached hydrogens (tertiary/aromatic N) is 3. The number of hydrogen-bond donors (Lipinski definition) is 1. The fraction of sp³-hybridized carbons (Fsp3) is 0.688. The number of pyridine rings is 1. The quantitative estimate of drug-likeness (QED) is 0.901. The number of hydrogen-bond acceptors (Lipinski definition) is 4. The zero-order chi connectivity index (χ0) is 13.8. The van der Waals surface area contributed by atoms with Gasteiger partial charge < -0.3 is 5.32 Å². The molecule has 1 N–H and O–H groups in total. The lowest BCUT2D eigenvalue weighted by Gasteiger charge is -2.44. The third-order valence-electron chi connectivity index (χ3n) is 4.53. The molecular weight excluding hydrogens is 248 g/mol. The summed E-state index contributed by atoms with van der Waals surface area (Å²) >= 11 is 0. The van der Waals surface area contributed by atoms with Crippen LogP contribution in [0.5, 0.6) is 0 Å². The van der Waals surface area contributed by atoms with Gasteiger partial charge in [0.05, 0.1) is 11.4 Å². The fourth-order valence-corrected chi connectivity index (χ4v) is 3.49. The van der Waals surface area contributed by atoms with Crippen LogP contribution in [0.2, 0.25) is 0 Å². The minimum atomic E-state index is 0.790. The Morgan fingerprint density at radius 1 is 1.20 bits per heavy atom. The highest BCUT2D eigenvalue weighted by Gasteiger charge is 2.28. The molecule has 0 saturated carbocycles. The summed E-state index contributed by atoms with van der Waals surface area (Å²) in [6, 6.07) is 7.18. The second-order valence-corrected chi connectivity index (χ2v) is 6.07. The monoisotopic (exact) mass is 274 g/mol. The lowest BCUT2D eigenvalue weighted by molar-refractivity contribution is 0.0451. The first kappa shape index (κ1) is 14.0. The normalized spacial score (nSPS) is 24.6. The van der Waals surface area contributed by atoms with Gasteiger partial charge >= 0.3 is 0 Å². The zero-order valence-electron chi connectivity index (χ0n) is 12.5. The van der Waals surface area contributed by atoms with Gasteiger partial charge in [-0.2, -0.15) is 0 Å². The Morgan fingerprint density at radius 2 is 2.10 bits per heavy atom. The van der Waals surface area contributed by atoms with Gasteiger partial charge in [0.2, 0.25) is 0 Å². The number of piperidine rings is 1. The summed E-state index contributed by atoms with van der Waals surface area (Å²) in [7, 11) is 1.97. The van der Waals surface area contributed by atoms with Crippen LogP contribution in [0.3, 0.4) is 0 Å². The maximum Gasteiger partial charge on any atom is 0.0547 e. The predicted molar refractivity (Wildman–Crippen MR) is 81.5 cm³/mol. The zero-order valence-corrected chi connectivity index (χ0v) is 12.5. The maximum atomic E-state index is 4.74. The van der Waals surface area contributed by atoms with Crippen LogP contribution in [-0.2, 0) is 13.1 Å². The Balaban J connectivity index is 1.59. The maximum absolute atomic E-state index is 4.74. The summed E-state index contributed by atoms with van der Waals surface area (Å²) in [6.45, 7) is 6.81. The SMILES string of the molecule is CNCc1cccc(CN2CCN3CCCCC3C2)n1. The molecule has 1 atom stereocenters. The molecule has 1 aromatic heterocycles. The lowest BCUT2D eigenvalue weighted by atomic mass is 9.99. The van der Waals surface area contributed by atoms with E-state index < -0.39 is 0 Å². The Hall–Kier alpha value is -0.970. The number of rotatable bonds is 4. The van der Waals surface area contributed by atoms with Gasteiger partial charge in [-0.15, -0.1) is 0 Å². The minimum Gasteiger partial charge on any atom is -0.314 e.